The van der Waals surface area contributed by atoms with E-state index in [0.29, 0.717) is 0 Å². The van der Waals surface area contributed by atoms with Gasteiger partial charge in [-0.1, -0.05) is 13.8 Å². The van der Waals surface area contributed by atoms with E-state index in [1.54, 1.807) is 0 Å². The molecule has 2 heterocycles. The predicted molar refractivity (Wildman–Crippen MR) is 103 cm³/mol. The normalized spacial score (nSPS) is 25.0. The van der Waals surface area contributed by atoms with Gasteiger partial charge in [-0.3, -0.25) is 4.99 Å². The van der Waals surface area contributed by atoms with Gasteiger partial charge >= 0.3 is 0 Å². The minimum Gasteiger partial charge on any atom is -0.375 e. The minimum atomic E-state index is 0.183. The number of nitrogens with zero attached hydrogens (tertiary/aromatic N) is 3. The molecule has 6 nitrogen and oxygen atoms in total. The van der Waals surface area contributed by atoms with Gasteiger partial charge in [-0.15, -0.1) is 0 Å². The molecule has 2 aliphatic rings. The summed E-state index contributed by atoms with van der Waals surface area (Å²) in [5.74, 6) is 1.04. The standard InChI is InChI=1S/C19H38N4O2/c1-4-20-19(21-11-7-8-12-22(5-2)6-3)23-13-15-25-18(16-23)17-10-9-14-24-17/h17-18H,4-16H2,1-3H3,(H,20,21). The zero-order valence-electron chi connectivity index (χ0n) is 16.5. The van der Waals surface area contributed by atoms with E-state index in [2.05, 4.69) is 35.9 Å². The zero-order valence-corrected chi connectivity index (χ0v) is 16.5. The Kier molecular flexibility index (Phi) is 9.58. The number of aliphatic imine (C=N–C) groups is 1. The molecule has 0 aromatic carbocycles. The van der Waals surface area contributed by atoms with E-state index >= 15 is 0 Å². The van der Waals surface area contributed by atoms with Crippen LogP contribution in [0.25, 0.3) is 0 Å². The summed E-state index contributed by atoms with van der Waals surface area (Å²) in [5, 5.41) is 3.45. The molecular weight excluding hydrogens is 316 g/mol. The summed E-state index contributed by atoms with van der Waals surface area (Å²) in [6, 6.07) is 0. The van der Waals surface area contributed by atoms with E-state index in [4.69, 9.17) is 14.5 Å². The fraction of sp³-hybridized carbons (Fsp3) is 0.947. The maximum Gasteiger partial charge on any atom is 0.194 e. The van der Waals surface area contributed by atoms with Gasteiger partial charge in [0.25, 0.3) is 0 Å². The fourth-order valence-electron chi connectivity index (χ4n) is 3.59. The van der Waals surface area contributed by atoms with Crippen LogP contribution in [0.15, 0.2) is 4.99 Å². The van der Waals surface area contributed by atoms with Crippen molar-refractivity contribution in [2.75, 3.05) is 59.0 Å². The van der Waals surface area contributed by atoms with Gasteiger partial charge in [0, 0.05) is 32.8 Å². The van der Waals surface area contributed by atoms with Crippen LogP contribution in [0.1, 0.15) is 46.5 Å². The lowest BCUT2D eigenvalue weighted by molar-refractivity contribution is -0.0817. The first-order valence-corrected chi connectivity index (χ1v) is 10.3. The van der Waals surface area contributed by atoms with Crippen molar-refractivity contribution >= 4 is 5.96 Å². The quantitative estimate of drug-likeness (QED) is 0.390. The SMILES string of the molecule is CCNC(=NCCCCN(CC)CC)N1CCOC(C2CCCO2)C1. The van der Waals surface area contributed by atoms with Gasteiger partial charge in [-0.25, -0.2) is 0 Å². The molecule has 0 aliphatic carbocycles. The van der Waals surface area contributed by atoms with E-state index in [-0.39, 0.29) is 12.2 Å². The third-order valence-corrected chi connectivity index (χ3v) is 5.15. The second kappa shape index (κ2) is 11.7. The molecule has 2 saturated heterocycles. The highest BCUT2D eigenvalue weighted by molar-refractivity contribution is 5.80. The molecule has 0 amide bonds. The van der Waals surface area contributed by atoms with Crippen LogP contribution in [0.2, 0.25) is 0 Å². The molecule has 2 fully saturated rings. The molecule has 146 valence electrons. The molecule has 25 heavy (non-hydrogen) atoms. The summed E-state index contributed by atoms with van der Waals surface area (Å²) in [4.78, 5) is 9.69. The number of guanidine groups is 1. The first-order valence-electron chi connectivity index (χ1n) is 10.3. The smallest absolute Gasteiger partial charge is 0.194 e. The number of hydrogen-bond donors (Lipinski definition) is 1. The Bertz CT molecular complexity index is 382. The van der Waals surface area contributed by atoms with E-state index < -0.39 is 0 Å². The minimum absolute atomic E-state index is 0.183. The summed E-state index contributed by atoms with van der Waals surface area (Å²) in [6.45, 7) is 15.3. The van der Waals surface area contributed by atoms with Gasteiger partial charge in [-0.2, -0.15) is 0 Å². The van der Waals surface area contributed by atoms with Crippen LogP contribution in [0, 0.1) is 0 Å². The van der Waals surface area contributed by atoms with E-state index in [9.17, 15) is 0 Å². The van der Waals surface area contributed by atoms with Crippen LogP contribution in [0.3, 0.4) is 0 Å². The second-order valence-corrected chi connectivity index (χ2v) is 6.88. The highest BCUT2D eigenvalue weighted by atomic mass is 16.5. The molecule has 0 bridgehead atoms. The lowest BCUT2D eigenvalue weighted by atomic mass is 10.1. The second-order valence-electron chi connectivity index (χ2n) is 6.88. The van der Waals surface area contributed by atoms with E-state index in [1.165, 1.54) is 13.0 Å². The van der Waals surface area contributed by atoms with Crippen LogP contribution < -0.4 is 5.32 Å². The zero-order chi connectivity index (χ0) is 17.9. The third kappa shape index (κ3) is 6.76. The van der Waals surface area contributed by atoms with Crippen LogP contribution in [-0.4, -0.2) is 87.0 Å². The van der Waals surface area contributed by atoms with Crippen LogP contribution in [-0.2, 0) is 9.47 Å². The van der Waals surface area contributed by atoms with E-state index in [0.717, 1.165) is 77.7 Å². The topological polar surface area (TPSA) is 49.3 Å². The predicted octanol–water partition coefficient (Wildman–Crippen LogP) is 1.95. The molecule has 0 radical (unpaired) electrons. The van der Waals surface area contributed by atoms with Gasteiger partial charge in [0.15, 0.2) is 5.96 Å². The maximum atomic E-state index is 5.96. The average molecular weight is 355 g/mol. The first kappa shape index (κ1) is 20.5. The first-order chi connectivity index (χ1) is 12.3. The van der Waals surface area contributed by atoms with Gasteiger partial charge in [0.1, 0.15) is 6.10 Å². The largest absolute Gasteiger partial charge is 0.375 e. The van der Waals surface area contributed by atoms with Crippen molar-refractivity contribution in [1.82, 2.24) is 15.1 Å². The summed E-state index contributed by atoms with van der Waals surface area (Å²) in [6.07, 6.45) is 5.09. The number of ether oxygens (including phenoxy) is 2. The Morgan fingerprint density at radius 2 is 1.92 bits per heavy atom. The molecule has 2 atom stereocenters. The van der Waals surface area contributed by atoms with Crippen molar-refractivity contribution in [3.8, 4) is 0 Å². The van der Waals surface area contributed by atoms with Crippen LogP contribution >= 0.6 is 0 Å². The van der Waals surface area contributed by atoms with Crippen LogP contribution in [0.4, 0.5) is 0 Å². The number of unbranched alkanes of at least 4 members (excludes halogenated alkanes) is 1. The molecule has 2 aliphatic heterocycles. The number of nitrogens with one attached hydrogen (secondary N) is 1. The molecule has 2 unspecified atom stereocenters. The summed E-state index contributed by atoms with van der Waals surface area (Å²) < 4.78 is 11.8. The fourth-order valence-corrected chi connectivity index (χ4v) is 3.59. The summed E-state index contributed by atoms with van der Waals surface area (Å²) in [7, 11) is 0. The molecule has 0 spiro atoms. The van der Waals surface area contributed by atoms with Crippen molar-refractivity contribution in [3.63, 3.8) is 0 Å². The number of hydrogen-bond acceptors (Lipinski definition) is 4. The number of rotatable bonds is 9. The van der Waals surface area contributed by atoms with Gasteiger partial charge in [0.05, 0.1) is 12.7 Å². The lowest BCUT2D eigenvalue weighted by Gasteiger charge is -2.37. The average Bonchev–Trinajstić information content (AvgIpc) is 3.19. The Hall–Kier alpha value is -0.850. The highest BCUT2D eigenvalue weighted by Crippen LogP contribution is 2.21. The van der Waals surface area contributed by atoms with Gasteiger partial charge < -0.3 is 24.6 Å². The number of morpholine rings is 1. The molecule has 0 saturated carbocycles. The monoisotopic (exact) mass is 354 g/mol. The Morgan fingerprint density at radius 1 is 1.12 bits per heavy atom. The molecule has 2 rings (SSSR count). The molecule has 0 aromatic rings. The summed E-state index contributed by atoms with van der Waals surface area (Å²) >= 11 is 0. The molecule has 0 aromatic heterocycles. The Labute approximate surface area is 153 Å². The van der Waals surface area contributed by atoms with Crippen molar-refractivity contribution < 1.29 is 9.47 Å². The van der Waals surface area contributed by atoms with E-state index in [1.807, 2.05) is 0 Å². The van der Waals surface area contributed by atoms with Crippen molar-refractivity contribution in [2.24, 2.45) is 4.99 Å². The third-order valence-electron chi connectivity index (χ3n) is 5.15. The van der Waals surface area contributed by atoms with Crippen LogP contribution in [0.5, 0.6) is 0 Å². The van der Waals surface area contributed by atoms with Crippen molar-refractivity contribution in [2.45, 2.75) is 58.7 Å². The maximum absolute atomic E-state index is 5.96. The van der Waals surface area contributed by atoms with Crippen molar-refractivity contribution in [3.05, 3.63) is 0 Å². The Balaban J connectivity index is 1.79. The molecular formula is C19H38N4O2. The molecule has 6 heteroatoms. The summed E-state index contributed by atoms with van der Waals surface area (Å²) in [5.41, 5.74) is 0. The van der Waals surface area contributed by atoms with Crippen molar-refractivity contribution in [1.29, 1.82) is 0 Å². The van der Waals surface area contributed by atoms with Gasteiger partial charge in [0.2, 0.25) is 0 Å². The highest BCUT2D eigenvalue weighted by Gasteiger charge is 2.32. The Morgan fingerprint density at radius 3 is 2.60 bits per heavy atom. The molecule has 1 N–H and O–H groups in total. The lowest BCUT2D eigenvalue weighted by Crippen LogP contribution is -2.53. The van der Waals surface area contributed by atoms with Gasteiger partial charge in [-0.05, 0) is 52.2 Å².